The highest BCUT2D eigenvalue weighted by Gasteiger charge is 2.37. The molecular weight excluding hydrogens is 272 g/mol. The van der Waals surface area contributed by atoms with Gasteiger partial charge in [-0.15, -0.1) is 0 Å². The Labute approximate surface area is 133 Å². The number of hydrogen-bond acceptors (Lipinski definition) is 2. The predicted molar refractivity (Wildman–Crippen MR) is 89.2 cm³/mol. The van der Waals surface area contributed by atoms with Crippen LogP contribution in [0.5, 0.6) is 0 Å². The second kappa shape index (κ2) is 7.28. The quantitative estimate of drug-likeness (QED) is 0.928. The van der Waals surface area contributed by atoms with E-state index in [0.29, 0.717) is 18.4 Å². The van der Waals surface area contributed by atoms with E-state index in [1.807, 2.05) is 6.07 Å². The number of amides is 1. The van der Waals surface area contributed by atoms with Crippen molar-refractivity contribution in [2.45, 2.75) is 51.0 Å². The van der Waals surface area contributed by atoms with E-state index in [2.05, 4.69) is 29.2 Å². The van der Waals surface area contributed by atoms with E-state index in [1.54, 1.807) is 0 Å². The van der Waals surface area contributed by atoms with Crippen molar-refractivity contribution < 1.29 is 4.79 Å². The zero-order valence-corrected chi connectivity index (χ0v) is 13.4. The summed E-state index contributed by atoms with van der Waals surface area (Å²) in [6.45, 7) is 1.56. The molecule has 3 rings (SSSR count). The van der Waals surface area contributed by atoms with E-state index < -0.39 is 0 Å². The first-order chi connectivity index (χ1) is 10.8. The van der Waals surface area contributed by atoms with Crippen molar-refractivity contribution in [3.63, 3.8) is 0 Å². The molecule has 1 aromatic carbocycles. The predicted octanol–water partition coefficient (Wildman–Crippen LogP) is 3.51. The molecule has 1 aliphatic heterocycles. The van der Waals surface area contributed by atoms with Gasteiger partial charge in [-0.25, -0.2) is 0 Å². The lowest BCUT2D eigenvalue weighted by Gasteiger charge is -2.34. The molecule has 1 heterocycles. The van der Waals surface area contributed by atoms with Crippen molar-refractivity contribution in [1.29, 1.82) is 0 Å². The number of nitrogens with zero attached hydrogens (tertiary/aromatic N) is 1. The Morgan fingerprint density at radius 3 is 2.64 bits per heavy atom. The summed E-state index contributed by atoms with van der Waals surface area (Å²) in [6.07, 6.45) is 7.98. The molecule has 0 aromatic heterocycles. The molecule has 2 N–H and O–H groups in total. The van der Waals surface area contributed by atoms with Crippen LogP contribution < -0.4 is 5.73 Å². The van der Waals surface area contributed by atoms with Gasteiger partial charge in [0.15, 0.2) is 0 Å². The van der Waals surface area contributed by atoms with Gasteiger partial charge in [0.1, 0.15) is 0 Å². The molecular formula is C19H28N2O. The smallest absolute Gasteiger partial charge is 0.226 e. The number of carbonyl (C=O) groups excluding carboxylic acids is 1. The minimum absolute atomic E-state index is 0.161. The Kier molecular flexibility index (Phi) is 5.14. The first kappa shape index (κ1) is 15.5. The van der Waals surface area contributed by atoms with Crippen molar-refractivity contribution in [2.75, 3.05) is 13.1 Å². The van der Waals surface area contributed by atoms with Crippen LogP contribution in [-0.4, -0.2) is 23.9 Å². The second-order valence-corrected chi connectivity index (χ2v) is 6.84. The van der Waals surface area contributed by atoms with Crippen LogP contribution in [0.4, 0.5) is 0 Å². The van der Waals surface area contributed by atoms with E-state index in [4.69, 9.17) is 5.73 Å². The molecule has 0 bridgehead atoms. The van der Waals surface area contributed by atoms with Crippen LogP contribution in [0.3, 0.4) is 0 Å². The summed E-state index contributed by atoms with van der Waals surface area (Å²) >= 11 is 0. The topological polar surface area (TPSA) is 46.3 Å². The van der Waals surface area contributed by atoms with Gasteiger partial charge in [0.05, 0.1) is 6.04 Å². The summed E-state index contributed by atoms with van der Waals surface area (Å²) in [5.74, 6) is 0.921. The molecule has 1 saturated carbocycles. The molecule has 3 nitrogen and oxygen atoms in total. The van der Waals surface area contributed by atoms with Crippen molar-refractivity contribution in [1.82, 2.24) is 4.90 Å². The van der Waals surface area contributed by atoms with Gasteiger partial charge in [0.2, 0.25) is 5.91 Å². The lowest BCUT2D eigenvalue weighted by molar-refractivity contribution is -0.139. The van der Waals surface area contributed by atoms with Gasteiger partial charge in [0, 0.05) is 12.5 Å². The van der Waals surface area contributed by atoms with Crippen LogP contribution in [-0.2, 0) is 4.79 Å². The second-order valence-electron chi connectivity index (χ2n) is 6.84. The molecule has 1 unspecified atom stereocenters. The third-order valence-electron chi connectivity index (χ3n) is 5.50. The molecule has 1 saturated heterocycles. The fraction of sp³-hybridized carbons (Fsp3) is 0.632. The zero-order chi connectivity index (χ0) is 15.4. The fourth-order valence-corrected chi connectivity index (χ4v) is 4.25. The summed E-state index contributed by atoms with van der Waals surface area (Å²) in [6, 6.07) is 10.8. The van der Waals surface area contributed by atoms with Gasteiger partial charge in [-0.1, -0.05) is 49.6 Å². The number of nitrogens with two attached hydrogens (primary N) is 1. The lowest BCUT2D eigenvalue weighted by atomic mass is 9.92. The Balaban J connectivity index is 1.82. The van der Waals surface area contributed by atoms with E-state index in [-0.39, 0.29) is 12.0 Å². The van der Waals surface area contributed by atoms with Gasteiger partial charge < -0.3 is 10.6 Å². The minimum Gasteiger partial charge on any atom is -0.335 e. The summed E-state index contributed by atoms with van der Waals surface area (Å²) in [7, 11) is 0. The maximum Gasteiger partial charge on any atom is 0.226 e. The number of rotatable bonds is 3. The van der Waals surface area contributed by atoms with Crippen molar-refractivity contribution >= 4 is 5.91 Å². The molecule has 0 spiro atoms. The number of carbonyl (C=O) groups is 1. The van der Waals surface area contributed by atoms with Gasteiger partial charge in [-0.2, -0.15) is 0 Å². The monoisotopic (exact) mass is 300 g/mol. The molecule has 1 aliphatic carbocycles. The molecule has 2 fully saturated rings. The third kappa shape index (κ3) is 3.19. The van der Waals surface area contributed by atoms with E-state index in [0.717, 1.165) is 38.6 Å². The van der Waals surface area contributed by atoms with Gasteiger partial charge in [-0.05, 0) is 43.7 Å². The van der Waals surface area contributed by atoms with Crippen molar-refractivity contribution in [3.8, 4) is 0 Å². The number of hydrogen-bond donors (Lipinski definition) is 1. The van der Waals surface area contributed by atoms with Crippen LogP contribution in [0.1, 0.15) is 56.6 Å². The average Bonchev–Trinajstić information content (AvgIpc) is 2.91. The highest BCUT2D eigenvalue weighted by Crippen LogP contribution is 2.37. The van der Waals surface area contributed by atoms with Crippen LogP contribution in [0.15, 0.2) is 30.3 Å². The summed E-state index contributed by atoms with van der Waals surface area (Å²) in [5.41, 5.74) is 7.19. The highest BCUT2D eigenvalue weighted by molar-refractivity contribution is 5.80. The minimum atomic E-state index is 0.161. The molecule has 0 radical (unpaired) electrons. The Hall–Kier alpha value is -1.35. The molecule has 3 heteroatoms. The molecule has 22 heavy (non-hydrogen) atoms. The number of benzene rings is 1. The Morgan fingerprint density at radius 1 is 1.05 bits per heavy atom. The molecule has 1 aromatic rings. The molecule has 2 aliphatic rings. The van der Waals surface area contributed by atoms with Gasteiger partial charge in [-0.3, -0.25) is 4.79 Å². The fourth-order valence-electron chi connectivity index (χ4n) is 4.25. The molecule has 120 valence electrons. The van der Waals surface area contributed by atoms with Crippen LogP contribution in [0.25, 0.3) is 0 Å². The first-order valence-electron chi connectivity index (χ1n) is 8.86. The van der Waals surface area contributed by atoms with Crippen LogP contribution in [0, 0.1) is 11.8 Å². The van der Waals surface area contributed by atoms with E-state index in [1.165, 1.54) is 18.4 Å². The summed E-state index contributed by atoms with van der Waals surface area (Å²) in [5, 5.41) is 0. The largest absolute Gasteiger partial charge is 0.335 e. The lowest BCUT2D eigenvalue weighted by Crippen LogP contribution is -2.41. The highest BCUT2D eigenvalue weighted by atomic mass is 16.2. The van der Waals surface area contributed by atoms with E-state index in [9.17, 15) is 4.79 Å². The maximum atomic E-state index is 13.2. The Morgan fingerprint density at radius 2 is 1.86 bits per heavy atom. The van der Waals surface area contributed by atoms with Crippen LogP contribution in [0.2, 0.25) is 0 Å². The van der Waals surface area contributed by atoms with Crippen molar-refractivity contribution in [3.05, 3.63) is 35.9 Å². The van der Waals surface area contributed by atoms with Gasteiger partial charge in [0.25, 0.3) is 0 Å². The standard InChI is InChI=1S/C19H28N2O/c20-14-16-10-7-11-17(16)19(22)21-13-6-2-5-12-18(21)15-8-3-1-4-9-15/h1,3-4,8-9,16-18H,2,5-7,10-14,20H2/t16-,17-,18?/m1/s1. The van der Waals surface area contributed by atoms with Crippen molar-refractivity contribution in [2.24, 2.45) is 17.6 Å². The van der Waals surface area contributed by atoms with Crippen LogP contribution >= 0.6 is 0 Å². The first-order valence-corrected chi connectivity index (χ1v) is 8.86. The van der Waals surface area contributed by atoms with E-state index >= 15 is 0 Å². The SMILES string of the molecule is NC[C@H]1CCC[C@H]1C(=O)N1CCCCCC1c1ccccc1. The maximum absolute atomic E-state index is 13.2. The summed E-state index contributed by atoms with van der Waals surface area (Å²) < 4.78 is 0. The summed E-state index contributed by atoms with van der Waals surface area (Å²) in [4.78, 5) is 15.4. The number of likely N-dealkylation sites (tertiary alicyclic amines) is 1. The molecule has 3 atom stereocenters. The normalized spacial score (nSPS) is 29.3. The zero-order valence-electron chi connectivity index (χ0n) is 13.4. The van der Waals surface area contributed by atoms with Gasteiger partial charge >= 0.3 is 0 Å². The Bertz CT molecular complexity index is 487. The molecule has 1 amide bonds. The average molecular weight is 300 g/mol. The third-order valence-corrected chi connectivity index (χ3v) is 5.50.